The molecule has 1 N–H and O–H groups in total. The number of furan rings is 1. The van der Waals surface area contributed by atoms with E-state index >= 15 is 0 Å². The van der Waals surface area contributed by atoms with Crippen molar-refractivity contribution in [2.24, 2.45) is 20.0 Å². The van der Waals surface area contributed by atoms with Crippen LogP contribution in [0.15, 0.2) is 27.8 Å². The van der Waals surface area contributed by atoms with Crippen molar-refractivity contribution < 1.29 is 4.42 Å². The van der Waals surface area contributed by atoms with Crippen LogP contribution in [0.25, 0.3) is 0 Å². The zero-order valence-corrected chi connectivity index (χ0v) is 14.2. The summed E-state index contributed by atoms with van der Waals surface area (Å²) in [6, 6.07) is 2.73. The van der Waals surface area contributed by atoms with Gasteiger partial charge in [-0.15, -0.1) is 0 Å². The number of nitrogens with one attached hydrogen (secondary N) is 1. The van der Waals surface area contributed by atoms with Crippen molar-refractivity contribution in [1.29, 1.82) is 0 Å². The van der Waals surface area contributed by atoms with Gasteiger partial charge in [-0.05, 0) is 31.7 Å². The van der Waals surface area contributed by atoms with E-state index < -0.39 is 0 Å². The van der Waals surface area contributed by atoms with Gasteiger partial charge in [0.05, 0.1) is 12.5 Å². The van der Waals surface area contributed by atoms with Crippen LogP contribution in [0.2, 0.25) is 0 Å². The summed E-state index contributed by atoms with van der Waals surface area (Å²) >= 11 is 0. The van der Waals surface area contributed by atoms with Gasteiger partial charge in [0, 0.05) is 38.2 Å². The van der Waals surface area contributed by atoms with Crippen LogP contribution >= 0.6 is 0 Å². The van der Waals surface area contributed by atoms with Crippen LogP contribution in [-0.4, -0.2) is 20.4 Å². The van der Waals surface area contributed by atoms with E-state index in [0.717, 1.165) is 12.2 Å². The van der Waals surface area contributed by atoms with Gasteiger partial charge in [0.25, 0.3) is 0 Å². The molecule has 6 heteroatoms. The standard InChI is InChI=1S/C17H26N4O2/c1-12(14-8-9-23-11-14)18-15-7-5-4-6-13(15)10-16-19-21(3)17(22)20(16)2/h8-9,11-13,15,18H,4-7,10H2,1-3H3/t12?,13-,15-/m1/s1. The minimum Gasteiger partial charge on any atom is -0.472 e. The van der Waals surface area contributed by atoms with Gasteiger partial charge in [-0.25, -0.2) is 9.48 Å². The van der Waals surface area contributed by atoms with Crippen LogP contribution in [0.4, 0.5) is 0 Å². The van der Waals surface area contributed by atoms with E-state index in [2.05, 4.69) is 17.3 Å². The fraction of sp³-hybridized carbons (Fsp3) is 0.647. The molecule has 2 heterocycles. The molecule has 2 aromatic heterocycles. The van der Waals surface area contributed by atoms with Crippen LogP contribution in [-0.2, 0) is 20.5 Å². The molecule has 23 heavy (non-hydrogen) atoms. The number of nitrogens with zero attached hydrogens (tertiary/aromatic N) is 3. The molecular weight excluding hydrogens is 292 g/mol. The second kappa shape index (κ2) is 6.74. The fourth-order valence-electron chi connectivity index (χ4n) is 3.63. The topological polar surface area (TPSA) is 65.0 Å². The summed E-state index contributed by atoms with van der Waals surface area (Å²) in [6.45, 7) is 2.17. The van der Waals surface area contributed by atoms with Crippen LogP contribution in [0.1, 0.15) is 50.0 Å². The minimum atomic E-state index is -0.0490. The highest BCUT2D eigenvalue weighted by Crippen LogP contribution is 2.29. The number of hydrogen-bond donors (Lipinski definition) is 1. The molecule has 3 atom stereocenters. The van der Waals surface area contributed by atoms with E-state index in [9.17, 15) is 4.79 Å². The maximum Gasteiger partial charge on any atom is 0.345 e. The predicted octanol–water partition coefficient (Wildman–Crippen LogP) is 2.16. The Morgan fingerprint density at radius 2 is 2.17 bits per heavy atom. The van der Waals surface area contributed by atoms with Crippen molar-refractivity contribution in [2.45, 2.75) is 51.1 Å². The van der Waals surface area contributed by atoms with Gasteiger partial charge in [-0.2, -0.15) is 5.10 Å². The van der Waals surface area contributed by atoms with Crippen molar-refractivity contribution in [3.05, 3.63) is 40.5 Å². The molecule has 0 bridgehead atoms. The SMILES string of the molecule is CC(N[C@@H]1CCCC[C@@H]1Cc1nn(C)c(=O)n1C)c1ccoc1. The second-order valence-corrected chi connectivity index (χ2v) is 6.68. The van der Waals surface area contributed by atoms with E-state index in [1.54, 1.807) is 24.1 Å². The van der Waals surface area contributed by atoms with Gasteiger partial charge in [0.15, 0.2) is 0 Å². The number of aryl methyl sites for hydroxylation is 1. The van der Waals surface area contributed by atoms with E-state index in [1.807, 2.05) is 13.1 Å². The molecule has 0 amide bonds. The lowest BCUT2D eigenvalue weighted by Gasteiger charge is -2.34. The summed E-state index contributed by atoms with van der Waals surface area (Å²) < 4.78 is 8.29. The zero-order valence-electron chi connectivity index (χ0n) is 14.2. The Hall–Kier alpha value is -1.82. The first-order valence-corrected chi connectivity index (χ1v) is 8.43. The maximum atomic E-state index is 11.9. The average molecular weight is 318 g/mol. The summed E-state index contributed by atoms with van der Waals surface area (Å²) in [5.41, 5.74) is 1.13. The highest BCUT2D eigenvalue weighted by atomic mass is 16.3. The molecular formula is C17H26N4O2. The molecule has 1 aliphatic rings. The van der Waals surface area contributed by atoms with Gasteiger partial charge >= 0.3 is 5.69 Å². The normalized spacial score (nSPS) is 23.1. The molecule has 0 saturated heterocycles. The monoisotopic (exact) mass is 318 g/mol. The largest absolute Gasteiger partial charge is 0.472 e. The van der Waals surface area contributed by atoms with Crippen LogP contribution in [0, 0.1) is 5.92 Å². The molecule has 0 radical (unpaired) electrons. The molecule has 1 unspecified atom stereocenters. The van der Waals surface area contributed by atoms with Gasteiger partial charge in [-0.3, -0.25) is 4.57 Å². The lowest BCUT2D eigenvalue weighted by Crippen LogP contribution is -2.41. The molecule has 2 aromatic rings. The molecule has 1 saturated carbocycles. The quantitative estimate of drug-likeness (QED) is 0.917. The zero-order chi connectivity index (χ0) is 16.4. The number of rotatable bonds is 5. The van der Waals surface area contributed by atoms with Crippen molar-refractivity contribution in [3.63, 3.8) is 0 Å². The summed E-state index contributed by atoms with van der Waals surface area (Å²) in [5, 5.41) is 8.14. The second-order valence-electron chi connectivity index (χ2n) is 6.68. The smallest absolute Gasteiger partial charge is 0.345 e. The average Bonchev–Trinajstić information content (AvgIpc) is 3.15. The minimum absolute atomic E-state index is 0.0490. The lowest BCUT2D eigenvalue weighted by atomic mass is 9.81. The lowest BCUT2D eigenvalue weighted by molar-refractivity contribution is 0.240. The Morgan fingerprint density at radius 3 is 2.83 bits per heavy atom. The molecule has 0 aromatic carbocycles. The molecule has 3 rings (SSSR count). The first-order valence-electron chi connectivity index (χ1n) is 8.43. The molecule has 1 fully saturated rings. The maximum absolute atomic E-state index is 11.9. The third-order valence-corrected chi connectivity index (χ3v) is 5.08. The third kappa shape index (κ3) is 3.42. The van der Waals surface area contributed by atoms with Crippen LogP contribution < -0.4 is 11.0 Å². The van der Waals surface area contributed by atoms with E-state index in [4.69, 9.17) is 4.42 Å². The highest BCUT2D eigenvalue weighted by molar-refractivity contribution is 5.11. The van der Waals surface area contributed by atoms with Gasteiger partial charge in [-0.1, -0.05) is 12.8 Å². The molecule has 126 valence electrons. The van der Waals surface area contributed by atoms with Gasteiger partial charge in [0.2, 0.25) is 0 Å². The van der Waals surface area contributed by atoms with Crippen molar-refractivity contribution in [3.8, 4) is 0 Å². The third-order valence-electron chi connectivity index (χ3n) is 5.08. The highest BCUT2D eigenvalue weighted by Gasteiger charge is 2.28. The Morgan fingerprint density at radius 1 is 1.39 bits per heavy atom. The summed E-state index contributed by atoms with van der Waals surface area (Å²) in [4.78, 5) is 11.9. The van der Waals surface area contributed by atoms with E-state index in [-0.39, 0.29) is 11.7 Å². The van der Waals surface area contributed by atoms with Crippen molar-refractivity contribution >= 4 is 0 Å². The van der Waals surface area contributed by atoms with Crippen molar-refractivity contribution in [1.82, 2.24) is 19.7 Å². The predicted molar refractivity (Wildman–Crippen MR) is 88.2 cm³/mol. The number of hydrogen-bond acceptors (Lipinski definition) is 4. The molecule has 0 spiro atoms. The van der Waals surface area contributed by atoms with E-state index in [0.29, 0.717) is 12.0 Å². The summed E-state index contributed by atoms with van der Waals surface area (Å²) in [5.74, 6) is 1.39. The Kier molecular flexibility index (Phi) is 4.71. The van der Waals surface area contributed by atoms with Crippen molar-refractivity contribution in [2.75, 3.05) is 0 Å². The summed E-state index contributed by atoms with van der Waals surface area (Å²) in [6.07, 6.45) is 9.24. The van der Waals surface area contributed by atoms with Gasteiger partial charge in [0.1, 0.15) is 5.82 Å². The first-order chi connectivity index (χ1) is 11.1. The molecule has 6 nitrogen and oxygen atoms in total. The number of aromatic nitrogens is 3. The molecule has 1 aliphatic carbocycles. The van der Waals surface area contributed by atoms with Gasteiger partial charge < -0.3 is 9.73 Å². The Balaban J connectivity index is 1.71. The van der Waals surface area contributed by atoms with Crippen LogP contribution in [0.5, 0.6) is 0 Å². The summed E-state index contributed by atoms with van der Waals surface area (Å²) in [7, 11) is 3.52. The van der Waals surface area contributed by atoms with E-state index in [1.165, 1.54) is 35.9 Å². The first kappa shape index (κ1) is 16.1. The Bertz CT molecular complexity index is 686. The van der Waals surface area contributed by atoms with Crippen LogP contribution in [0.3, 0.4) is 0 Å². The molecule has 0 aliphatic heterocycles. The Labute approximate surface area is 136 Å². The fourth-order valence-corrected chi connectivity index (χ4v) is 3.63.